The Kier molecular flexibility index (Phi) is 6.13. The molecule has 1 fully saturated rings. The van der Waals surface area contributed by atoms with Crippen molar-refractivity contribution in [3.63, 3.8) is 0 Å². The first-order valence-corrected chi connectivity index (χ1v) is 9.84. The van der Waals surface area contributed by atoms with Crippen LogP contribution in [0.3, 0.4) is 0 Å². The Hall–Kier alpha value is -0.573. The van der Waals surface area contributed by atoms with E-state index >= 15 is 0 Å². The van der Waals surface area contributed by atoms with Crippen molar-refractivity contribution in [2.45, 2.75) is 76.9 Å². The third-order valence-corrected chi connectivity index (χ3v) is 9.44. The summed E-state index contributed by atoms with van der Waals surface area (Å²) in [6.07, 6.45) is 7.44. The molecule has 0 aromatic carbocycles. The zero-order chi connectivity index (χ0) is 13.6. The molecule has 104 valence electrons. The van der Waals surface area contributed by atoms with Gasteiger partial charge in [-0.2, -0.15) is 0 Å². The van der Waals surface area contributed by atoms with Gasteiger partial charge in [0.1, 0.15) is 0 Å². The molecular weight excluding hydrogens is 240 g/mol. The molecular formula is C15H28O2Si. The fourth-order valence-corrected chi connectivity index (χ4v) is 8.42. The third-order valence-electron chi connectivity index (χ3n) is 4.09. The van der Waals surface area contributed by atoms with Crippen LogP contribution in [0.1, 0.15) is 59.3 Å². The molecule has 0 N–H and O–H groups in total. The molecule has 0 atom stereocenters. The molecule has 0 aromatic heterocycles. The Balaban J connectivity index is 2.87. The predicted octanol–water partition coefficient (Wildman–Crippen LogP) is 4.82. The summed E-state index contributed by atoms with van der Waals surface area (Å²) in [6, 6.07) is 2.26. The van der Waals surface area contributed by atoms with Crippen molar-refractivity contribution in [2.75, 3.05) is 0 Å². The number of hydrogen-bond donors (Lipinski definition) is 0. The van der Waals surface area contributed by atoms with Crippen molar-refractivity contribution >= 4 is 14.3 Å². The van der Waals surface area contributed by atoms with Crippen molar-refractivity contribution in [1.29, 1.82) is 0 Å². The molecule has 0 heterocycles. The van der Waals surface area contributed by atoms with E-state index in [1.54, 1.807) is 6.92 Å². The van der Waals surface area contributed by atoms with Gasteiger partial charge in [0.05, 0.1) is 0 Å². The summed E-state index contributed by atoms with van der Waals surface area (Å²) < 4.78 is 6.06. The summed E-state index contributed by atoms with van der Waals surface area (Å²) >= 11 is 0. The predicted molar refractivity (Wildman–Crippen MR) is 79.1 cm³/mol. The summed E-state index contributed by atoms with van der Waals surface area (Å²) in [5.74, 6) is -0.143. The van der Waals surface area contributed by atoms with Gasteiger partial charge in [0.15, 0.2) is 0 Å². The Bertz CT molecular complexity index is 287. The van der Waals surface area contributed by atoms with Gasteiger partial charge in [0.2, 0.25) is 0 Å². The summed E-state index contributed by atoms with van der Waals surface area (Å²) in [4.78, 5) is 12.0. The fraction of sp³-hybridized carbons (Fsp3) is 0.800. The largest absolute Gasteiger partial charge is 0.516 e. The van der Waals surface area contributed by atoms with E-state index in [9.17, 15) is 4.79 Å². The van der Waals surface area contributed by atoms with Crippen LogP contribution in [0.2, 0.25) is 17.6 Å². The highest BCUT2D eigenvalue weighted by Crippen LogP contribution is 2.44. The van der Waals surface area contributed by atoms with E-state index in [4.69, 9.17) is 4.43 Å². The van der Waals surface area contributed by atoms with E-state index in [0.717, 1.165) is 24.9 Å². The molecule has 0 bridgehead atoms. The molecule has 0 unspecified atom stereocenters. The van der Waals surface area contributed by atoms with Crippen LogP contribution in [-0.4, -0.2) is 14.3 Å². The second-order valence-electron chi connectivity index (χ2n) is 5.72. The lowest BCUT2D eigenvalue weighted by Crippen LogP contribution is -2.44. The van der Waals surface area contributed by atoms with Gasteiger partial charge in [0.25, 0.3) is 8.32 Å². The first-order chi connectivity index (χ1) is 8.55. The maximum atomic E-state index is 12.0. The third kappa shape index (κ3) is 3.71. The van der Waals surface area contributed by atoms with Crippen LogP contribution in [0.5, 0.6) is 0 Å². The minimum absolute atomic E-state index is 0.143. The van der Waals surface area contributed by atoms with E-state index in [2.05, 4.69) is 20.4 Å². The highest BCUT2D eigenvalue weighted by atomic mass is 28.4. The normalized spacial score (nSPS) is 16.8. The minimum atomic E-state index is -1.90. The van der Waals surface area contributed by atoms with Crippen LogP contribution >= 0.6 is 0 Å². The number of rotatable bonds is 7. The number of carbonyl (C=O) groups excluding carboxylic acids is 1. The summed E-state index contributed by atoms with van der Waals surface area (Å²) in [5, 5.41) is 0. The van der Waals surface area contributed by atoms with Crippen LogP contribution in [0.4, 0.5) is 0 Å². The topological polar surface area (TPSA) is 26.3 Å². The smallest absolute Gasteiger partial charge is 0.319 e. The van der Waals surface area contributed by atoms with Crippen molar-refractivity contribution in [1.82, 2.24) is 0 Å². The van der Waals surface area contributed by atoms with Crippen LogP contribution < -0.4 is 0 Å². The highest BCUT2D eigenvalue weighted by Gasteiger charge is 2.45. The van der Waals surface area contributed by atoms with Crippen LogP contribution in [0.15, 0.2) is 12.2 Å². The van der Waals surface area contributed by atoms with Gasteiger partial charge in [0, 0.05) is 5.57 Å². The first kappa shape index (κ1) is 15.5. The molecule has 1 rings (SSSR count). The molecule has 0 spiro atoms. The van der Waals surface area contributed by atoms with E-state index in [1.807, 2.05) is 0 Å². The molecule has 3 heteroatoms. The SMILES string of the molecule is C=C(C)C(=O)O[Si](CCC)(CCC)C1CCCC1. The van der Waals surface area contributed by atoms with Gasteiger partial charge >= 0.3 is 5.97 Å². The van der Waals surface area contributed by atoms with E-state index in [1.165, 1.54) is 25.7 Å². The molecule has 0 aliphatic heterocycles. The highest BCUT2D eigenvalue weighted by molar-refractivity contribution is 6.76. The lowest BCUT2D eigenvalue weighted by Gasteiger charge is -2.36. The van der Waals surface area contributed by atoms with E-state index in [0.29, 0.717) is 11.1 Å². The Morgan fingerprint density at radius 3 is 2.11 bits per heavy atom. The lowest BCUT2D eigenvalue weighted by atomic mass is 10.4. The van der Waals surface area contributed by atoms with Crippen LogP contribution in [0.25, 0.3) is 0 Å². The Morgan fingerprint density at radius 1 is 1.22 bits per heavy atom. The minimum Gasteiger partial charge on any atom is -0.516 e. The maximum Gasteiger partial charge on any atom is 0.319 e. The molecule has 1 saturated carbocycles. The molecule has 0 amide bonds. The standard InChI is InChI=1S/C15H28O2Si/c1-5-11-18(12-6-2,14-9-7-8-10-14)17-15(16)13(3)4/h14H,3,5-12H2,1-2,4H3. The average molecular weight is 268 g/mol. The van der Waals surface area contributed by atoms with Gasteiger partial charge in [-0.05, 0) is 37.4 Å². The van der Waals surface area contributed by atoms with Crippen LogP contribution in [-0.2, 0) is 9.22 Å². The average Bonchev–Trinajstić information content (AvgIpc) is 2.83. The molecule has 2 nitrogen and oxygen atoms in total. The maximum absolute atomic E-state index is 12.0. The van der Waals surface area contributed by atoms with Gasteiger partial charge < -0.3 is 4.43 Å². The molecule has 0 radical (unpaired) electrons. The van der Waals surface area contributed by atoms with Crippen molar-refractivity contribution < 1.29 is 9.22 Å². The fourth-order valence-electron chi connectivity index (χ4n) is 3.29. The second kappa shape index (κ2) is 7.12. The quantitative estimate of drug-likeness (QED) is 0.489. The van der Waals surface area contributed by atoms with Gasteiger partial charge in [-0.25, -0.2) is 4.79 Å². The Labute approximate surface area is 113 Å². The number of hydrogen-bond acceptors (Lipinski definition) is 2. The van der Waals surface area contributed by atoms with E-state index < -0.39 is 8.32 Å². The molecule has 0 aromatic rings. The van der Waals surface area contributed by atoms with Crippen molar-refractivity contribution in [3.8, 4) is 0 Å². The van der Waals surface area contributed by atoms with Gasteiger partial charge in [-0.3, -0.25) is 0 Å². The van der Waals surface area contributed by atoms with Crippen LogP contribution in [0, 0.1) is 0 Å². The monoisotopic (exact) mass is 268 g/mol. The zero-order valence-corrected chi connectivity index (χ0v) is 13.3. The Morgan fingerprint density at radius 2 is 1.72 bits per heavy atom. The molecule has 0 saturated heterocycles. The lowest BCUT2D eigenvalue weighted by molar-refractivity contribution is -0.131. The van der Waals surface area contributed by atoms with Gasteiger partial charge in [-0.15, -0.1) is 0 Å². The molecule has 1 aliphatic rings. The summed E-state index contributed by atoms with van der Waals surface area (Å²) in [7, 11) is -1.90. The second-order valence-corrected chi connectivity index (χ2v) is 9.87. The van der Waals surface area contributed by atoms with Gasteiger partial charge in [-0.1, -0.05) is 46.1 Å². The van der Waals surface area contributed by atoms with Crippen molar-refractivity contribution in [3.05, 3.63) is 12.2 Å². The first-order valence-electron chi connectivity index (χ1n) is 7.44. The van der Waals surface area contributed by atoms with Crippen molar-refractivity contribution in [2.24, 2.45) is 0 Å². The summed E-state index contributed by atoms with van der Waals surface area (Å²) in [5.41, 5.74) is 1.25. The van der Waals surface area contributed by atoms with E-state index in [-0.39, 0.29) is 5.97 Å². The summed E-state index contributed by atoms with van der Waals surface area (Å²) in [6.45, 7) is 9.91. The zero-order valence-electron chi connectivity index (χ0n) is 12.3. The molecule has 18 heavy (non-hydrogen) atoms. The molecule has 1 aliphatic carbocycles. The number of carbonyl (C=O) groups is 1.